The standard InChI is InChI=1S/C21H21N3O3S/c1-13-18-20(15-10-7-11-16(26-2)19(15)27-3)28-12-17(25)22-21(18)24(23-13)14-8-5-4-6-9-14/h4-11,20H,12H2,1-3H3,(H,22,25)/t20-/m1/s1. The van der Waals surface area contributed by atoms with Gasteiger partial charge in [0.25, 0.3) is 0 Å². The summed E-state index contributed by atoms with van der Waals surface area (Å²) in [6.45, 7) is 1.97. The van der Waals surface area contributed by atoms with Crippen LogP contribution in [0.3, 0.4) is 0 Å². The molecule has 0 spiro atoms. The SMILES string of the molecule is COc1cccc([C@H]2SCC(=O)Nc3c2c(C)nn3-c2ccccc2)c1OC. The Hall–Kier alpha value is -2.93. The lowest BCUT2D eigenvalue weighted by atomic mass is 10.0. The van der Waals surface area contributed by atoms with E-state index in [2.05, 4.69) is 5.32 Å². The number of amides is 1. The van der Waals surface area contributed by atoms with Gasteiger partial charge in [-0.1, -0.05) is 30.3 Å². The van der Waals surface area contributed by atoms with Crippen molar-refractivity contribution in [3.8, 4) is 17.2 Å². The molecule has 144 valence electrons. The molecule has 1 aliphatic rings. The normalized spacial score (nSPS) is 16.1. The van der Waals surface area contributed by atoms with E-state index < -0.39 is 0 Å². The number of aromatic nitrogens is 2. The molecule has 0 saturated carbocycles. The van der Waals surface area contributed by atoms with E-state index in [1.54, 1.807) is 30.7 Å². The van der Waals surface area contributed by atoms with Crippen molar-refractivity contribution in [3.05, 3.63) is 65.4 Å². The van der Waals surface area contributed by atoms with E-state index >= 15 is 0 Å². The predicted octanol–water partition coefficient (Wildman–Crippen LogP) is 3.97. The largest absolute Gasteiger partial charge is 0.493 e. The van der Waals surface area contributed by atoms with E-state index in [0.29, 0.717) is 23.1 Å². The van der Waals surface area contributed by atoms with Crippen LogP contribution in [-0.2, 0) is 4.79 Å². The molecule has 0 saturated heterocycles. The molecule has 1 atom stereocenters. The van der Waals surface area contributed by atoms with Crippen LogP contribution in [0.5, 0.6) is 11.5 Å². The molecule has 2 aromatic carbocycles. The molecule has 0 unspecified atom stereocenters. The number of carbonyl (C=O) groups excluding carboxylic acids is 1. The summed E-state index contributed by atoms with van der Waals surface area (Å²) in [5.74, 6) is 2.34. The predicted molar refractivity (Wildman–Crippen MR) is 111 cm³/mol. The molecule has 3 aromatic rings. The Morgan fingerprint density at radius 1 is 1.11 bits per heavy atom. The van der Waals surface area contributed by atoms with Gasteiger partial charge in [-0.05, 0) is 25.1 Å². The number of hydrogen-bond donors (Lipinski definition) is 1. The molecule has 0 aliphatic carbocycles. The van der Waals surface area contributed by atoms with Crippen LogP contribution in [0.1, 0.15) is 22.1 Å². The number of ether oxygens (including phenoxy) is 2. The fraction of sp³-hybridized carbons (Fsp3) is 0.238. The summed E-state index contributed by atoms with van der Waals surface area (Å²) in [7, 11) is 3.25. The molecule has 1 aromatic heterocycles. The maximum absolute atomic E-state index is 12.5. The van der Waals surface area contributed by atoms with E-state index in [1.165, 1.54) is 0 Å². The van der Waals surface area contributed by atoms with Gasteiger partial charge in [0.05, 0.1) is 36.6 Å². The number of nitrogens with one attached hydrogen (secondary N) is 1. The number of methoxy groups -OCH3 is 2. The number of aryl methyl sites for hydroxylation is 1. The second-order valence-corrected chi connectivity index (χ2v) is 7.51. The van der Waals surface area contributed by atoms with Gasteiger partial charge in [-0.3, -0.25) is 4.79 Å². The van der Waals surface area contributed by atoms with E-state index in [-0.39, 0.29) is 11.2 Å². The molecule has 1 N–H and O–H groups in total. The molecule has 28 heavy (non-hydrogen) atoms. The number of hydrogen-bond acceptors (Lipinski definition) is 5. The van der Waals surface area contributed by atoms with Crippen LogP contribution in [0.4, 0.5) is 5.82 Å². The zero-order valence-electron chi connectivity index (χ0n) is 15.9. The minimum Gasteiger partial charge on any atom is -0.493 e. The van der Waals surface area contributed by atoms with Crippen molar-refractivity contribution in [2.45, 2.75) is 12.2 Å². The molecule has 0 bridgehead atoms. The fourth-order valence-corrected chi connectivity index (χ4v) is 4.71. The van der Waals surface area contributed by atoms with Crippen molar-refractivity contribution in [1.82, 2.24) is 9.78 Å². The molecule has 6 nitrogen and oxygen atoms in total. The molecular weight excluding hydrogens is 374 g/mol. The van der Waals surface area contributed by atoms with Crippen LogP contribution in [0, 0.1) is 6.92 Å². The van der Waals surface area contributed by atoms with Crippen LogP contribution >= 0.6 is 11.8 Å². The summed E-state index contributed by atoms with van der Waals surface area (Å²) >= 11 is 1.56. The Morgan fingerprint density at radius 2 is 1.89 bits per heavy atom. The number of carbonyl (C=O) groups is 1. The van der Waals surface area contributed by atoms with E-state index in [4.69, 9.17) is 14.6 Å². The molecule has 0 radical (unpaired) electrons. The molecule has 1 amide bonds. The number of para-hydroxylation sites is 2. The first kappa shape index (κ1) is 18.4. The van der Waals surface area contributed by atoms with E-state index in [0.717, 1.165) is 22.5 Å². The first-order chi connectivity index (χ1) is 13.6. The minimum atomic E-state index is -0.114. The molecular formula is C21H21N3O3S. The third-order valence-electron chi connectivity index (χ3n) is 4.72. The molecule has 4 rings (SSSR count). The Morgan fingerprint density at radius 3 is 2.61 bits per heavy atom. The Bertz CT molecular complexity index is 1020. The lowest BCUT2D eigenvalue weighted by Gasteiger charge is -2.20. The summed E-state index contributed by atoms with van der Waals surface area (Å²) in [5, 5.41) is 7.66. The van der Waals surface area contributed by atoms with Gasteiger partial charge in [0.1, 0.15) is 5.82 Å². The van der Waals surface area contributed by atoms with Gasteiger partial charge in [-0.25, -0.2) is 4.68 Å². The van der Waals surface area contributed by atoms with Crippen LogP contribution in [0.2, 0.25) is 0 Å². The summed E-state index contributed by atoms with van der Waals surface area (Å²) in [4.78, 5) is 12.5. The maximum Gasteiger partial charge on any atom is 0.235 e. The highest BCUT2D eigenvalue weighted by atomic mass is 32.2. The van der Waals surface area contributed by atoms with Crippen molar-refractivity contribution >= 4 is 23.5 Å². The zero-order valence-corrected chi connectivity index (χ0v) is 16.7. The second kappa shape index (κ2) is 7.59. The van der Waals surface area contributed by atoms with Crippen LogP contribution in [0.15, 0.2) is 48.5 Å². The molecule has 0 fully saturated rings. The number of benzene rings is 2. The van der Waals surface area contributed by atoms with Crippen LogP contribution in [0.25, 0.3) is 5.69 Å². The molecule has 2 heterocycles. The fourth-order valence-electron chi connectivity index (χ4n) is 3.50. The topological polar surface area (TPSA) is 65.4 Å². The Kier molecular flexibility index (Phi) is 5.00. The van der Waals surface area contributed by atoms with E-state index in [1.807, 2.05) is 55.5 Å². The van der Waals surface area contributed by atoms with Crippen molar-refractivity contribution in [1.29, 1.82) is 0 Å². The van der Waals surface area contributed by atoms with Gasteiger partial charge in [0.2, 0.25) is 5.91 Å². The molecule has 7 heteroatoms. The van der Waals surface area contributed by atoms with Gasteiger partial charge in [-0.15, -0.1) is 11.8 Å². The number of rotatable bonds is 4. The zero-order chi connectivity index (χ0) is 19.7. The minimum absolute atomic E-state index is 0.0484. The third-order valence-corrected chi connectivity index (χ3v) is 5.98. The van der Waals surface area contributed by atoms with Gasteiger partial charge < -0.3 is 14.8 Å². The highest BCUT2D eigenvalue weighted by Crippen LogP contribution is 2.48. The van der Waals surface area contributed by atoms with Crippen molar-refractivity contribution < 1.29 is 14.3 Å². The average Bonchev–Trinajstić information content (AvgIpc) is 2.93. The number of anilines is 1. The first-order valence-electron chi connectivity index (χ1n) is 8.91. The number of fused-ring (bicyclic) bond motifs is 1. The average molecular weight is 395 g/mol. The lowest BCUT2D eigenvalue weighted by Crippen LogP contribution is -2.15. The van der Waals surface area contributed by atoms with Crippen molar-refractivity contribution in [2.75, 3.05) is 25.3 Å². The van der Waals surface area contributed by atoms with Gasteiger partial charge >= 0.3 is 0 Å². The Labute approximate surface area is 167 Å². The molecule has 1 aliphatic heterocycles. The number of nitrogens with zero attached hydrogens (tertiary/aromatic N) is 2. The lowest BCUT2D eigenvalue weighted by molar-refractivity contribution is -0.113. The van der Waals surface area contributed by atoms with Crippen molar-refractivity contribution in [3.63, 3.8) is 0 Å². The monoisotopic (exact) mass is 395 g/mol. The highest BCUT2D eigenvalue weighted by Gasteiger charge is 2.32. The quantitative estimate of drug-likeness (QED) is 0.724. The third kappa shape index (κ3) is 3.11. The summed E-state index contributed by atoms with van der Waals surface area (Å²) in [5.41, 5.74) is 3.70. The highest BCUT2D eigenvalue weighted by molar-refractivity contribution is 8.00. The van der Waals surface area contributed by atoms with Gasteiger partial charge in [0, 0.05) is 11.1 Å². The van der Waals surface area contributed by atoms with E-state index in [9.17, 15) is 4.79 Å². The first-order valence-corrected chi connectivity index (χ1v) is 9.96. The smallest absolute Gasteiger partial charge is 0.235 e. The summed E-state index contributed by atoms with van der Waals surface area (Å²) < 4.78 is 12.9. The van der Waals surface area contributed by atoms with Crippen molar-refractivity contribution in [2.24, 2.45) is 0 Å². The van der Waals surface area contributed by atoms with Crippen LogP contribution < -0.4 is 14.8 Å². The summed E-state index contributed by atoms with van der Waals surface area (Å²) in [6, 6.07) is 15.6. The second-order valence-electron chi connectivity index (χ2n) is 6.42. The van der Waals surface area contributed by atoms with Crippen LogP contribution in [-0.4, -0.2) is 35.7 Å². The number of thioether (sulfide) groups is 1. The maximum atomic E-state index is 12.5. The Balaban J connectivity index is 1.92. The van der Waals surface area contributed by atoms with Gasteiger partial charge in [-0.2, -0.15) is 5.10 Å². The van der Waals surface area contributed by atoms with Gasteiger partial charge in [0.15, 0.2) is 11.5 Å². The summed E-state index contributed by atoms with van der Waals surface area (Å²) in [6.07, 6.45) is 0.